The molecule has 1 rings (SSSR count). The van der Waals surface area contributed by atoms with Crippen LogP contribution in [0, 0.1) is 17.3 Å². The number of amides is 1. The number of carboxylic acid groups (broad SMARTS) is 1. The SMILES string of the molecule is CC1(C)[C@H](C(N)=O)[C@H]1C(=O)O. The van der Waals surface area contributed by atoms with Gasteiger partial charge in [0.2, 0.25) is 5.91 Å². The fraction of sp³-hybridized carbons (Fsp3) is 0.714. The van der Waals surface area contributed by atoms with Crippen molar-refractivity contribution in [3.63, 3.8) is 0 Å². The highest BCUT2D eigenvalue weighted by Crippen LogP contribution is 2.57. The summed E-state index contributed by atoms with van der Waals surface area (Å²) in [6.07, 6.45) is 0. The largest absolute Gasteiger partial charge is 0.481 e. The number of nitrogens with two attached hydrogens (primary N) is 1. The van der Waals surface area contributed by atoms with Crippen LogP contribution in [0.5, 0.6) is 0 Å². The lowest BCUT2D eigenvalue weighted by Crippen LogP contribution is -2.17. The van der Waals surface area contributed by atoms with E-state index in [1.807, 2.05) is 0 Å². The molecule has 4 nitrogen and oxygen atoms in total. The van der Waals surface area contributed by atoms with E-state index in [0.29, 0.717) is 0 Å². The second-order valence-corrected chi connectivity index (χ2v) is 3.52. The lowest BCUT2D eigenvalue weighted by molar-refractivity contribution is -0.140. The molecular weight excluding hydrogens is 146 g/mol. The normalized spacial score (nSPS) is 32.9. The molecular formula is C7H11NO3. The van der Waals surface area contributed by atoms with E-state index < -0.39 is 29.1 Å². The van der Waals surface area contributed by atoms with E-state index in [2.05, 4.69) is 0 Å². The van der Waals surface area contributed by atoms with Crippen molar-refractivity contribution in [1.82, 2.24) is 0 Å². The van der Waals surface area contributed by atoms with E-state index in [9.17, 15) is 9.59 Å². The minimum atomic E-state index is -0.932. The number of hydrogen-bond acceptors (Lipinski definition) is 2. The van der Waals surface area contributed by atoms with E-state index in [4.69, 9.17) is 10.8 Å². The molecule has 2 atom stereocenters. The molecule has 0 aliphatic heterocycles. The Hall–Kier alpha value is -1.06. The van der Waals surface area contributed by atoms with E-state index in [1.165, 1.54) is 0 Å². The molecule has 1 aliphatic carbocycles. The lowest BCUT2D eigenvalue weighted by atomic mass is 10.1. The third-order valence-electron chi connectivity index (χ3n) is 2.40. The zero-order chi connectivity index (χ0) is 8.81. The lowest BCUT2D eigenvalue weighted by Gasteiger charge is -1.96. The maximum Gasteiger partial charge on any atom is 0.307 e. The predicted octanol–water partition coefficient (Wildman–Crippen LogP) is -0.172. The van der Waals surface area contributed by atoms with Gasteiger partial charge in [-0.25, -0.2) is 0 Å². The number of aliphatic carboxylic acids is 1. The summed E-state index contributed by atoms with van der Waals surface area (Å²) in [7, 11) is 0. The average molecular weight is 157 g/mol. The highest BCUT2D eigenvalue weighted by molar-refractivity contribution is 5.90. The Balaban J connectivity index is 2.76. The summed E-state index contributed by atoms with van der Waals surface area (Å²) in [5.41, 5.74) is 4.55. The van der Waals surface area contributed by atoms with E-state index in [1.54, 1.807) is 13.8 Å². The molecule has 4 heteroatoms. The quantitative estimate of drug-likeness (QED) is 0.583. The Morgan fingerprint density at radius 1 is 1.36 bits per heavy atom. The Bertz CT molecular complexity index is 200. The third-order valence-corrected chi connectivity index (χ3v) is 2.40. The standard InChI is InChI=1S/C7H11NO3/c1-7(2)3(5(8)9)4(7)6(10)11/h3-4H,1-2H3,(H2,8,9)(H,10,11)/t3-,4-/m0/s1. The number of rotatable bonds is 2. The van der Waals surface area contributed by atoms with Gasteiger partial charge in [0.05, 0.1) is 11.8 Å². The first kappa shape index (κ1) is 8.04. The predicted molar refractivity (Wildman–Crippen MR) is 37.6 cm³/mol. The van der Waals surface area contributed by atoms with Crippen molar-refractivity contribution in [2.75, 3.05) is 0 Å². The maximum atomic E-state index is 10.7. The van der Waals surface area contributed by atoms with Crippen LogP contribution < -0.4 is 5.73 Å². The van der Waals surface area contributed by atoms with Crippen molar-refractivity contribution in [3.05, 3.63) is 0 Å². The molecule has 0 heterocycles. The molecule has 1 fully saturated rings. The van der Waals surface area contributed by atoms with Gasteiger partial charge in [0, 0.05) is 0 Å². The van der Waals surface area contributed by atoms with Gasteiger partial charge in [-0.3, -0.25) is 9.59 Å². The van der Waals surface area contributed by atoms with E-state index >= 15 is 0 Å². The smallest absolute Gasteiger partial charge is 0.307 e. The molecule has 0 aromatic heterocycles. The molecule has 0 bridgehead atoms. The van der Waals surface area contributed by atoms with Crippen LogP contribution in [-0.4, -0.2) is 17.0 Å². The number of carbonyl (C=O) groups excluding carboxylic acids is 1. The van der Waals surface area contributed by atoms with Gasteiger partial charge < -0.3 is 10.8 Å². The molecule has 0 aromatic rings. The second-order valence-electron chi connectivity index (χ2n) is 3.52. The first-order chi connectivity index (χ1) is 4.89. The van der Waals surface area contributed by atoms with E-state index in [-0.39, 0.29) is 0 Å². The highest BCUT2D eigenvalue weighted by Gasteiger charge is 2.65. The van der Waals surface area contributed by atoms with E-state index in [0.717, 1.165) is 0 Å². The molecule has 1 saturated carbocycles. The first-order valence-electron chi connectivity index (χ1n) is 3.41. The summed E-state index contributed by atoms with van der Waals surface area (Å²) in [4.78, 5) is 21.1. The summed E-state index contributed by atoms with van der Waals surface area (Å²) in [6, 6.07) is 0. The van der Waals surface area contributed by atoms with Gasteiger partial charge in [0.25, 0.3) is 0 Å². The second kappa shape index (κ2) is 1.96. The van der Waals surface area contributed by atoms with Gasteiger partial charge in [-0.15, -0.1) is 0 Å². The fourth-order valence-corrected chi connectivity index (χ4v) is 1.63. The molecule has 1 aliphatic rings. The van der Waals surface area contributed by atoms with Crippen molar-refractivity contribution in [1.29, 1.82) is 0 Å². The summed E-state index contributed by atoms with van der Waals surface area (Å²) in [5.74, 6) is -2.51. The molecule has 0 aromatic carbocycles. The monoisotopic (exact) mass is 157 g/mol. The van der Waals surface area contributed by atoms with Crippen LogP contribution in [0.2, 0.25) is 0 Å². The molecule has 3 N–H and O–H groups in total. The highest BCUT2D eigenvalue weighted by atomic mass is 16.4. The molecule has 11 heavy (non-hydrogen) atoms. The molecule has 62 valence electrons. The number of carboxylic acids is 1. The van der Waals surface area contributed by atoms with Crippen molar-refractivity contribution in [2.45, 2.75) is 13.8 Å². The Morgan fingerprint density at radius 2 is 1.82 bits per heavy atom. The van der Waals surface area contributed by atoms with Crippen molar-refractivity contribution in [2.24, 2.45) is 23.0 Å². The number of primary amides is 1. The van der Waals surface area contributed by atoms with Crippen LogP contribution >= 0.6 is 0 Å². The topological polar surface area (TPSA) is 80.4 Å². The minimum absolute atomic E-state index is 0.447. The van der Waals surface area contributed by atoms with Crippen LogP contribution in [0.1, 0.15) is 13.8 Å². The third kappa shape index (κ3) is 0.982. The summed E-state index contributed by atoms with van der Waals surface area (Å²) in [5, 5.41) is 8.60. The summed E-state index contributed by atoms with van der Waals surface area (Å²) >= 11 is 0. The molecule has 0 radical (unpaired) electrons. The Morgan fingerprint density at radius 3 is 1.91 bits per heavy atom. The maximum absolute atomic E-state index is 10.7. The fourth-order valence-electron chi connectivity index (χ4n) is 1.63. The average Bonchev–Trinajstić information content (AvgIpc) is 2.33. The molecule has 1 amide bonds. The van der Waals surface area contributed by atoms with Gasteiger partial charge in [-0.2, -0.15) is 0 Å². The van der Waals surface area contributed by atoms with Gasteiger partial charge in [0.1, 0.15) is 0 Å². The van der Waals surface area contributed by atoms with Gasteiger partial charge in [0.15, 0.2) is 0 Å². The van der Waals surface area contributed by atoms with Crippen molar-refractivity contribution in [3.8, 4) is 0 Å². The Kier molecular flexibility index (Phi) is 1.44. The van der Waals surface area contributed by atoms with Crippen LogP contribution in [0.3, 0.4) is 0 Å². The number of carbonyl (C=O) groups is 2. The minimum Gasteiger partial charge on any atom is -0.481 e. The molecule has 0 unspecified atom stereocenters. The Labute approximate surface area is 64.4 Å². The summed E-state index contributed by atoms with van der Waals surface area (Å²) in [6.45, 7) is 3.47. The van der Waals surface area contributed by atoms with Crippen LogP contribution in [0.15, 0.2) is 0 Å². The van der Waals surface area contributed by atoms with Crippen LogP contribution in [0.25, 0.3) is 0 Å². The van der Waals surface area contributed by atoms with Crippen LogP contribution in [0.4, 0.5) is 0 Å². The van der Waals surface area contributed by atoms with Gasteiger partial charge >= 0.3 is 5.97 Å². The van der Waals surface area contributed by atoms with Gasteiger partial charge in [-0.05, 0) is 5.41 Å². The van der Waals surface area contributed by atoms with Crippen molar-refractivity contribution >= 4 is 11.9 Å². The molecule has 0 saturated heterocycles. The zero-order valence-electron chi connectivity index (χ0n) is 6.50. The van der Waals surface area contributed by atoms with Crippen molar-refractivity contribution < 1.29 is 14.7 Å². The van der Waals surface area contributed by atoms with Crippen LogP contribution in [-0.2, 0) is 9.59 Å². The van der Waals surface area contributed by atoms with Gasteiger partial charge in [-0.1, -0.05) is 13.8 Å². The summed E-state index contributed by atoms with van der Waals surface area (Å²) < 4.78 is 0. The first-order valence-corrected chi connectivity index (χ1v) is 3.41. The zero-order valence-corrected chi connectivity index (χ0v) is 6.50. The molecule has 0 spiro atoms. The number of hydrogen-bond donors (Lipinski definition) is 2.